The van der Waals surface area contributed by atoms with Gasteiger partial charge in [-0.05, 0) is 17.6 Å². The van der Waals surface area contributed by atoms with Gasteiger partial charge in [0, 0.05) is 11.1 Å². The van der Waals surface area contributed by atoms with E-state index in [1.165, 1.54) is 11.5 Å². The van der Waals surface area contributed by atoms with Gasteiger partial charge in [0.2, 0.25) is 6.29 Å². The van der Waals surface area contributed by atoms with Crippen molar-refractivity contribution in [3.05, 3.63) is 17.1 Å². The monoisotopic (exact) mass is 126 g/mol. The van der Waals surface area contributed by atoms with Crippen molar-refractivity contribution in [1.29, 1.82) is 0 Å². The van der Waals surface area contributed by atoms with Gasteiger partial charge in [0.1, 0.15) is 0 Å². The van der Waals surface area contributed by atoms with Crippen molar-refractivity contribution in [3.8, 4) is 0 Å². The molecule has 0 aliphatic rings. The highest BCUT2D eigenvalue weighted by Gasteiger charge is 1.89. The lowest BCUT2D eigenvalue weighted by Crippen LogP contribution is -1.76. The van der Waals surface area contributed by atoms with Gasteiger partial charge in [-0.25, -0.2) is 4.37 Å². The van der Waals surface area contributed by atoms with E-state index in [0.29, 0.717) is 6.42 Å². The van der Waals surface area contributed by atoms with Crippen molar-refractivity contribution in [3.63, 3.8) is 0 Å². The zero-order chi connectivity index (χ0) is 5.82. The minimum absolute atomic E-state index is 0.380. The van der Waals surface area contributed by atoms with E-state index in [4.69, 9.17) is 0 Å². The predicted molar refractivity (Wildman–Crippen MR) is 31.5 cm³/mol. The van der Waals surface area contributed by atoms with E-state index >= 15 is 0 Å². The summed E-state index contributed by atoms with van der Waals surface area (Å²) < 4.78 is 3.80. The summed E-state index contributed by atoms with van der Waals surface area (Å²) in [6, 6.07) is 1.82. The topological polar surface area (TPSA) is 30.0 Å². The van der Waals surface area contributed by atoms with E-state index in [2.05, 4.69) is 4.37 Å². The molecule has 0 N–H and O–H groups in total. The van der Waals surface area contributed by atoms with Crippen molar-refractivity contribution in [2.45, 2.75) is 6.42 Å². The zero-order valence-corrected chi connectivity index (χ0v) is 4.94. The maximum Gasteiger partial charge on any atom is 0.204 e. The van der Waals surface area contributed by atoms with Crippen LogP contribution in [0.5, 0.6) is 0 Å². The average molecular weight is 126 g/mol. The fourth-order valence-electron chi connectivity index (χ4n) is 0.404. The molecule has 0 atom stereocenters. The van der Waals surface area contributed by atoms with Crippen LogP contribution < -0.4 is 0 Å². The fraction of sp³-hybridized carbons (Fsp3) is 0.200. The van der Waals surface area contributed by atoms with E-state index in [0.717, 1.165) is 4.88 Å². The minimum atomic E-state index is 0.380. The van der Waals surface area contributed by atoms with Crippen molar-refractivity contribution in [2.75, 3.05) is 0 Å². The molecule has 0 aliphatic heterocycles. The molecule has 1 aromatic rings. The smallest absolute Gasteiger partial charge is 0.204 e. The second-order valence-corrected chi connectivity index (χ2v) is 2.22. The molecule has 1 heterocycles. The number of nitrogens with zero attached hydrogens (tertiary/aromatic N) is 1. The normalized spacial score (nSPS) is 9.00. The Morgan fingerprint density at radius 2 is 2.75 bits per heavy atom. The Bertz CT molecular complexity index is 159. The third kappa shape index (κ3) is 1.13. The molecule has 0 saturated carbocycles. The second kappa shape index (κ2) is 2.57. The van der Waals surface area contributed by atoms with Crippen molar-refractivity contribution in [1.82, 2.24) is 4.37 Å². The van der Waals surface area contributed by atoms with Gasteiger partial charge in [-0.3, -0.25) is 4.79 Å². The molecule has 0 amide bonds. The van der Waals surface area contributed by atoms with Crippen molar-refractivity contribution < 1.29 is 4.79 Å². The van der Waals surface area contributed by atoms with E-state index in [-0.39, 0.29) is 0 Å². The number of hydrogen-bond acceptors (Lipinski definition) is 3. The van der Waals surface area contributed by atoms with E-state index in [1.807, 2.05) is 6.07 Å². The summed E-state index contributed by atoms with van der Waals surface area (Å²) in [5.74, 6) is 0. The molecule has 1 rings (SSSR count). The van der Waals surface area contributed by atoms with Gasteiger partial charge >= 0.3 is 0 Å². The highest BCUT2D eigenvalue weighted by atomic mass is 32.1. The lowest BCUT2D eigenvalue weighted by molar-refractivity contribution is 0.555. The molecule has 0 unspecified atom stereocenters. The first-order valence-corrected chi connectivity index (χ1v) is 2.95. The molecular weight excluding hydrogens is 122 g/mol. The summed E-state index contributed by atoms with van der Waals surface area (Å²) >= 11 is 1.34. The SMILES string of the molecule is O=[C]Cc1ccns1. The van der Waals surface area contributed by atoms with Crippen molar-refractivity contribution >= 4 is 17.8 Å². The molecule has 0 aromatic carbocycles. The van der Waals surface area contributed by atoms with Crippen LogP contribution in [0.1, 0.15) is 4.88 Å². The van der Waals surface area contributed by atoms with E-state index < -0.39 is 0 Å². The Balaban J connectivity index is 2.62. The molecule has 2 nitrogen and oxygen atoms in total. The van der Waals surface area contributed by atoms with Gasteiger partial charge in [0.25, 0.3) is 0 Å². The molecular formula is C5H4NOS. The lowest BCUT2D eigenvalue weighted by Gasteiger charge is -1.74. The first-order chi connectivity index (χ1) is 3.93. The predicted octanol–water partition coefficient (Wildman–Crippen LogP) is 0.795. The number of hydrogen-bond donors (Lipinski definition) is 0. The Labute approximate surface area is 51.3 Å². The first-order valence-electron chi connectivity index (χ1n) is 2.18. The molecule has 8 heavy (non-hydrogen) atoms. The van der Waals surface area contributed by atoms with Crippen LogP contribution in [-0.2, 0) is 11.2 Å². The summed E-state index contributed by atoms with van der Waals surface area (Å²) in [4.78, 5) is 10.7. The summed E-state index contributed by atoms with van der Waals surface area (Å²) in [5.41, 5.74) is 0. The van der Waals surface area contributed by atoms with Gasteiger partial charge in [0.15, 0.2) is 0 Å². The Hall–Kier alpha value is -0.700. The fourth-order valence-corrected chi connectivity index (χ4v) is 0.907. The Kier molecular flexibility index (Phi) is 1.75. The van der Waals surface area contributed by atoms with Crippen LogP contribution >= 0.6 is 11.5 Å². The average Bonchev–Trinajstić information content (AvgIpc) is 2.19. The van der Waals surface area contributed by atoms with Gasteiger partial charge in [0.05, 0.1) is 6.42 Å². The van der Waals surface area contributed by atoms with Crippen LogP contribution in [0, 0.1) is 0 Å². The number of carbonyl (C=O) groups excluding carboxylic acids is 1. The molecule has 1 aromatic heterocycles. The van der Waals surface area contributed by atoms with Crippen LogP contribution in [0.2, 0.25) is 0 Å². The van der Waals surface area contributed by atoms with E-state index in [1.54, 1.807) is 12.5 Å². The van der Waals surface area contributed by atoms with Crippen LogP contribution in [0.4, 0.5) is 0 Å². The number of rotatable bonds is 2. The highest BCUT2D eigenvalue weighted by Crippen LogP contribution is 2.02. The lowest BCUT2D eigenvalue weighted by atomic mass is 10.4. The van der Waals surface area contributed by atoms with E-state index in [9.17, 15) is 4.79 Å². The van der Waals surface area contributed by atoms with Crippen LogP contribution in [0.25, 0.3) is 0 Å². The molecule has 0 fully saturated rings. The molecule has 0 aliphatic carbocycles. The molecule has 3 heteroatoms. The largest absolute Gasteiger partial charge is 0.290 e. The van der Waals surface area contributed by atoms with Gasteiger partial charge < -0.3 is 0 Å². The van der Waals surface area contributed by atoms with Crippen molar-refractivity contribution in [2.24, 2.45) is 0 Å². The molecule has 41 valence electrons. The zero-order valence-electron chi connectivity index (χ0n) is 4.13. The number of aromatic nitrogens is 1. The summed E-state index contributed by atoms with van der Waals surface area (Å²) in [6.45, 7) is 0. The molecule has 0 bridgehead atoms. The highest BCUT2D eigenvalue weighted by molar-refractivity contribution is 7.05. The quantitative estimate of drug-likeness (QED) is 0.586. The van der Waals surface area contributed by atoms with Gasteiger partial charge in [-0.15, -0.1) is 0 Å². The van der Waals surface area contributed by atoms with Crippen LogP contribution in [0.3, 0.4) is 0 Å². The minimum Gasteiger partial charge on any atom is -0.290 e. The van der Waals surface area contributed by atoms with Crippen LogP contribution in [0.15, 0.2) is 12.3 Å². The summed E-state index contributed by atoms with van der Waals surface area (Å²) in [6.07, 6.45) is 3.85. The maximum absolute atomic E-state index is 9.73. The molecule has 0 saturated heterocycles. The Morgan fingerprint density at radius 1 is 1.88 bits per heavy atom. The summed E-state index contributed by atoms with van der Waals surface area (Å²) in [7, 11) is 0. The summed E-state index contributed by atoms with van der Waals surface area (Å²) in [5, 5.41) is 0. The first kappa shape index (κ1) is 5.44. The molecule has 0 spiro atoms. The standard InChI is InChI=1S/C5H4NOS/c7-4-2-5-1-3-6-8-5/h1,3H,2H2. The second-order valence-electron chi connectivity index (χ2n) is 1.30. The third-order valence-corrected chi connectivity index (χ3v) is 1.48. The van der Waals surface area contributed by atoms with Gasteiger partial charge in [-0.2, -0.15) is 0 Å². The van der Waals surface area contributed by atoms with Crippen LogP contribution in [-0.4, -0.2) is 10.7 Å². The van der Waals surface area contributed by atoms with Gasteiger partial charge in [-0.1, -0.05) is 0 Å². The molecule has 1 radical (unpaired) electrons. The maximum atomic E-state index is 9.73. The third-order valence-electron chi connectivity index (χ3n) is 0.738. The Morgan fingerprint density at radius 3 is 3.25 bits per heavy atom.